The van der Waals surface area contributed by atoms with Crippen LogP contribution >= 0.6 is 0 Å². The molecule has 0 aliphatic heterocycles. The van der Waals surface area contributed by atoms with Gasteiger partial charge in [0.1, 0.15) is 0 Å². The molecule has 0 radical (unpaired) electrons. The van der Waals surface area contributed by atoms with Crippen molar-refractivity contribution in [2.24, 2.45) is 0 Å². The molecule has 0 N–H and O–H groups in total. The van der Waals surface area contributed by atoms with E-state index in [1.54, 1.807) is 0 Å². The topological polar surface area (TPSA) is 8.17 Å². The molecule has 0 spiro atoms. The van der Waals surface area contributed by atoms with Gasteiger partial charge in [-0.1, -0.05) is 195 Å². The fourth-order valence-electron chi connectivity index (χ4n) is 11.5. The first-order chi connectivity index (χ1) is 34.9. The molecule has 11 aromatic rings. The van der Waals surface area contributed by atoms with Crippen LogP contribution in [0.5, 0.6) is 0 Å². The zero-order valence-electron chi connectivity index (χ0n) is 40.3. The van der Waals surface area contributed by atoms with Crippen molar-refractivity contribution in [1.29, 1.82) is 0 Å². The van der Waals surface area contributed by atoms with Crippen molar-refractivity contribution in [3.05, 3.63) is 288 Å². The van der Waals surface area contributed by atoms with Gasteiger partial charge in [-0.2, -0.15) is 0 Å². The van der Waals surface area contributed by atoms with Gasteiger partial charge >= 0.3 is 0 Å². The van der Waals surface area contributed by atoms with Crippen LogP contribution in [0.3, 0.4) is 0 Å². The normalized spacial score (nSPS) is 12.4. The fourth-order valence-corrected chi connectivity index (χ4v) is 11.5. The molecule has 0 atom stereocenters. The summed E-state index contributed by atoms with van der Waals surface area (Å²) in [4.78, 5) is 2.50. The van der Waals surface area contributed by atoms with E-state index in [2.05, 4.69) is 267 Å². The zero-order chi connectivity index (χ0) is 48.1. The predicted molar refractivity (Wildman–Crippen MR) is 303 cm³/mol. The van der Waals surface area contributed by atoms with Crippen molar-refractivity contribution < 1.29 is 0 Å². The van der Waals surface area contributed by atoms with Crippen molar-refractivity contribution in [2.75, 3.05) is 4.90 Å². The smallest absolute Gasteiger partial charge is 0.0541 e. The Labute approximate surface area is 417 Å². The number of aromatic nitrogens is 1. The highest BCUT2D eigenvalue weighted by atomic mass is 15.1. The van der Waals surface area contributed by atoms with Crippen LogP contribution in [0.15, 0.2) is 244 Å². The third kappa shape index (κ3) is 7.70. The Hall–Kier alpha value is -8.72. The molecule has 2 nitrogen and oxygen atoms in total. The second-order valence-electron chi connectivity index (χ2n) is 19.2. The lowest BCUT2D eigenvalue weighted by Gasteiger charge is -2.35. The Morgan fingerprint density at radius 1 is 0.423 bits per heavy atom. The number of nitrogens with zero attached hydrogens (tertiary/aromatic N) is 2. The summed E-state index contributed by atoms with van der Waals surface area (Å²) in [6.07, 6.45) is 5.46. The van der Waals surface area contributed by atoms with E-state index in [1.165, 1.54) is 88.6 Å². The first-order valence-electron chi connectivity index (χ1n) is 24.7. The molecule has 0 amide bonds. The van der Waals surface area contributed by atoms with Crippen molar-refractivity contribution in [2.45, 2.75) is 32.1 Å². The highest BCUT2D eigenvalue weighted by molar-refractivity contribution is 6.09. The SMILES string of the molecule is C=Cc1ccc(CC2(Cc3ccc(C=C)cc3)c3cc(N(c4ccc(-c5ccccc5)cc4C)c4ccc(-c5ccccc5)cc4C)ccc3-c3ccc(-n4c5ccccc5c5ccccc54)cc32)cc1. The summed E-state index contributed by atoms with van der Waals surface area (Å²) in [6, 6.07) is 85.5. The summed E-state index contributed by atoms with van der Waals surface area (Å²) in [5.41, 5.74) is 23.7. The van der Waals surface area contributed by atoms with Gasteiger partial charge in [-0.15, -0.1) is 0 Å². The third-order valence-electron chi connectivity index (χ3n) is 15.0. The van der Waals surface area contributed by atoms with E-state index in [1.807, 2.05) is 12.2 Å². The summed E-state index contributed by atoms with van der Waals surface area (Å²) < 4.78 is 2.47. The minimum absolute atomic E-state index is 0.467. The van der Waals surface area contributed by atoms with Gasteiger partial charge in [0.15, 0.2) is 0 Å². The van der Waals surface area contributed by atoms with Crippen LogP contribution in [0.4, 0.5) is 17.1 Å². The molecule has 0 fully saturated rings. The molecule has 71 heavy (non-hydrogen) atoms. The van der Waals surface area contributed by atoms with Gasteiger partial charge < -0.3 is 9.47 Å². The maximum Gasteiger partial charge on any atom is 0.0541 e. The van der Waals surface area contributed by atoms with Gasteiger partial charge in [0.05, 0.1) is 11.0 Å². The standard InChI is InChI=1S/C69H54N2/c1-5-49-25-29-51(30-26-49)45-69(46-52-31-27-50(6-2)28-32-52)63-43-57(35-37-59(63)60-38-36-58(44-64(60)69)71-67-23-15-13-21-61(67)62-22-14-16-24-68(62)71)70(65-39-33-55(41-47(65)3)53-17-9-7-10-18-53)66-40-34-56(42-48(66)4)54-19-11-8-12-20-54/h5-44H,1-2,45-46H2,3-4H3. The lowest BCUT2D eigenvalue weighted by Crippen LogP contribution is -2.31. The first-order valence-corrected chi connectivity index (χ1v) is 24.7. The maximum absolute atomic E-state index is 4.10. The van der Waals surface area contributed by atoms with Crippen LogP contribution in [-0.4, -0.2) is 4.57 Å². The van der Waals surface area contributed by atoms with Gasteiger partial charge in [0, 0.05) is 38.9 Å². The third-order valence-corrected chi connectivity index (χ3v) is 15.0. The summed E-state index contributed by atoms with van der Waals surface area (Å²) in [6.45, 7) is 12.7. The summed E-state index contributed by atoms with van der Waals surface area (Å²) in [5.74, 6) is 0. The second-order valence-corrected chi connectivity index (χ2v) is 19.2. The van der Waals surface area contributed by atoms with Crippen LogP contribution in [0, 0.1) is 13.8 Å². The molecular weight excluding hydrogens is 857 g/mol. The zero-order valence-corrected chi connectivity index (χ0v) is 40.3. The molecule has 12 rings (SSSR count). The number of hydrogen-bond acceptors (Lipinski definition) is 1. The molecule has 1 aliphatic carbocycles. The first kappa shape index (κ1) is 43.6. The fraction of sp³-hybridized carbons (Fsp3) is 0.0725. The van der Waals surface area contributed by atoms with Gasteiger partial charge in [-0.05, 0) is 165 Å². The van der Waals surface area contributed by atoms with Crippen molar-refractivity contribution in [1.82, 2.24) is 4.57 Å². The number of hydrogen-bond donors (Lipinski definition) is 0. The van der Waals surface area contributed by atoms with Gasteiger partial charge in [0.25, 0.3) is 0 Å². The Kier molecular flexibility index (Phi) is 11.0. The number of para-hydroxylation sites is 2. The van der Waals surface area contributed by atoms with Crippen LogP contribution in [-0.2, 0) is 18.3 Å². The minimum Gasteiger partial charge on any atom is -0.310 e. The molecule has 340 valence electrons. The van der Waals surface area contributed by atoms with E-state index in [4.69, 9.17) is 0 Å². The van der Waals surface area contributed by atoms with Crippen LogP contribution in [0.1, 0.15) is 44.5 Å². The molecule has 0 unspecified atom stereocenters. The summed E-state index contributed by atoms with van der Waals surface area (Å²) in [5, 5.41) is 2.51. The molecular formula is C69H54N2. The quantitative estimate of drug-likeness (QED) is 0.119. The molecule has 0 saturated carbocycles. The Morgan fingerprint density at radius 2 is 0.873 bits per heavy atom. The monoisotopic (exact) mass is 910 g/mol. The lowest BCUT2D eigenvalue weighted by molar-refractivity contribution is 0.520. The Morgan fingerprint density at radius 3 is 1.35 bits per heavy atom. The van der Waals surface area contributed by atoms with Gasteiger partial charge in [-0.3, -0.25) is 0 Å². The number of benzene rings is 10. The Bertz CT molecular complexity index is 3600. The van der Waals surface area contributed by atoms with E-state index in [0.29, 0.717) is 0 Å². The Balaban J connectivity index is 1.10. The predicted octanol–water partition coefficient (Wildman–Crippen LogP) is 18.2. The van der Waals surface area contributed by atoms with Crippen LogP contribution in [0.2, 0.25) is 0 Å². The molecule has 1 aromatic heterocycles. The number of fused-ring (bicyclic) bond motifs is 6. The van der Waals surface area contributed by atoms with Crippen LogP contribution < -0.4 is 4.90 Å². The maximum atomic E-state index is 4.10. The average Bonchev–Trinajstić information content (AvgIpc) is 3.89. The van der Waals surface area contributed by atoms with E-state index in [9.17, 15) is 0 Å². The molecule has 1 heterocycles. The lowest BCUT2D eigenvalue weighted by atomic mass is 9.69. The van der Waals surface area contributed by atoms with Crippen LogP contribution in [0.25, 0.3) is 73.0 Å². The number of anilines is 3. The van der Waals surface area contributed by atoms with E-state index in [-0.39, 0.29) is 0 Å². The minimum atomic E-state index is -0.467. The largest absolute Gasteiger partial charge is 0.310 e. The number of aryl methyl sites for hydroxylation is 2. The average molecular weight is 911 g/mol. The highest BCUT2D eigenvalue weighted by Crippen LogP contribution is 2.55. The molecule has 0 saturated heterocycles. The molecule has 10 aromatic carbocycles. The van der Waals surface area contributed by atoms with Crippen molar-refractivity contribution in [3.63, 3.8) is 0 Å². The second kappa shape index (κ2) is 18.0. The van der Waals surface area contributed by atoms with Gasteiger partial charge in [0.2, 0.25) is 0 Å². The van der Waals surface area contributed by atoms with E-state index in [0.717, 1.165) is 46.7 Å². The van der Waals surface area contributed by atoms with Crippen molar-refractivity contribution in [3.8, 4) is 39.1 Å². The van der Waals surface area contributed by atoms with E-state index < -0.39 is 5.41 Å². The summed E-state index contributed by atoms with van der Waals surface area (Å²) >= 11 is 0. The molecule has 2 heteroatoms. The van der Waals surface area contributed by atoms with E-state index >= 15 is 0 Å². The molecule has 1 aliphatic rings. The van der Waals surface area contributed by atoms with Crippen molar-refractivity contribution >= 4 is 51.0 Å². The highest BCUT2D eigenvalue weighted by Gasteiger charge is 2.44. The molecule has 0 bridgehead atoms. The summed E-state index contributed by atoms with van der Waals surface area (Å²) in [7, 11) is 0. The number of rotatable bonds is 12. The van der Waals surface area contributed by atoms with Gasteiger partial charge in [-0.25, -0.2) is 0 Å².